The second-order valence-corrected chi connectivity index (χ2v) is 5.94. The normalized spacial score (nSPS) is 11.9. The van der Waals surface area contributed by atoms with Crippen LogP contribution in [0.1, 0.15) is 25.6 Å². The van der Waals surface area contributed by atoms with Gasteiger partial charge in [-0.2, -0.15) is 4.98 Å². The number of nitrogens with zero attached hydrogens (tertiary/aromatic N) is 3. The zero-order chi connectivity index (χ0) is 11.6. The van der Waals surface area contributed by atoms with E-state index in [9.17, 15) is 0 Å². The molecular weight excluding hydrogens is 244 g/mol. The summed E-state index contributed by atoms with van der Waals surface area (Å²) in [5.41, 5.74) is 5.30. The van der Waals surface area contributed by atoms with Crippen LogP contribution in [0.15, 0.2) is 20.4 Å². The first-order valence-corrected chi connectivity index (χ1v) is 6.56. The fourth-order valence-corrected chi connectivity index (χ4v) is 2.46. The van der Waals surface area contributed by atoms with Crippen LogP contribution in [0.5, 0.6) is 0 Å². The van der Waals surface area contributed by atoms with E-state index in [2.05, 4.69) is 15.1 Å². The number of hydrogen-bond donors (Lipinski definition) is 1. The molecule has 7 heteroatoms. The summed E-state index contributed by atoms with van der Waals surface area (Å²) < 4.78 is 6.10. The number of thiazole rings is 1. The first kappa shape index (κ1) is 11.6. The molecule has 5 nitrogen and oxygen atoms in total. The molecule has 2 rings (SSSR count). The lowest BCUT2D eigenvalue weighted by Crippen LogP contribution is -2.30. The van der Waals surface area contributed by atoms with Crippen LogP contribution >= 0.6 is 23.1 Å². The van der Waals surface area contributed by atoms with Gasteiger partial charge in [-0.05, 0) is 13.8 Å². The maximum atomic E-state index is 5.86. The minimum atomic E-state index is -0.562. The Kier molecular flexibility index (Phi) is 3.27. The van der Waals surface area contributed by atoms with E-state index < -0.39 is 5.54 Å². The highest BCUT2D eigenvalue weighted by Crippen LogP contribution is 2.24. The summed E-state index contributed by atoms with van der Waals surface area (Å²) in [5, 5.41) is 5.78. The first-order valence-electron chi connectivity index (χ1n) is 4.70. The molecule has 0 aliphatic heterocycles. The van der Waals surface area contributed by atoms with Crippen LogP contribution in [0.2, 0.25) is 0 Å². The molecule has 0 bridgehead atoms. The summed E-state index contributed by atoms with van der Waals surface area (Å²) in [7, 11) is 0. The molecule has 0 radical (unpaired) electrons. The smallest absolute Gasteiger partial charge is 0.237 e. The minimum Gasteiger partial charge on any atom is -0.338 e. The Morgan fingerprint density at radius 3 is 2.94 bits per heavy atom. The van der Waals surface area contributed by atoms with Crippen molar-refractivity contribution < 1.29 is 4.52 Å². The number of hydrogen-bond acceptors (Lipinski definition) is 7. The van der Waals surface area contributed by atoms with Crippen LogP contribution in [0, 0.1) is 0 Å². The Morgan fingerprint density at radius 1 is 1.56 bits per heavy atom. The fraction of sp³-hybridized carbons (Fsp3) is 0.444. The Bertz CT molecular complexity index is 446. The molecule has 0 spiro atoms. The van der Waals surface area contributed by atoms with Crippen LogP contribution in [0.25, 0.3) is 0 Å². The van der Waals surface area contributed by atoms with E-state index in [1.807, 2.05) is 19.2 Å². The highest BCUT2D eigenvalue weighted by molar-refractivity contribution is 8.00. The summed E-state index contributed by atoms with van der Waals surface area (Å²) >= 11 is 3.17. The van der Waals surface area contributed by atoms with E-state index >= 15 is 0 Å². The highest BCUT2D eigenvalue weighted by Gasteiger charge is 2.21. The minimum absolute atomic E-state index is 0.530. The van der Waals surface area contributed by atoms with Gasteiger partial charge in [0.25, 0.3) is 0 Å². The topological polar surface area (TPSA) is 77.8 Å². The largest absolute Gasteiger partial charge is 0.338 e. The third kappa shape index (κ3) is 2.81. The zero-order valence-corrected chi connectivity index (χ0v) is 10.6. The number of thioether (sulfide) groups is 1. The average Bonchev–Trinajstić information content (AvgIpc) is 2.85. The van der Waals surface area contributed by atoms with Gasteiger partial charge in [-0.1, -0.05) is 16.9 Å². The summed E-state index contributed by atoms with van der Waals surface area (Å²) in [5.74, 6) is 1.73. The van der Waals surface area contributed by atoms with Gasteiger partial charge in [0.2, 0.25) is 5.89 Å². The highest BCUT2D eigenvalue weighted by atomic mass is 32.2. The molecule has 86 valence electrons. The third-order valence-electron chi connectivity index (χ3n) is 1.77. The van der Waals surface area contributed by atoms with Crippen molar-refractivity contribution >= 4 is 23.1 Å². The van der Waals surface area contributed by atoms with Crippen molar-refractivity contribution in [1.82, 2.24) is 15.1 Å². The summed E-state index contributed by atoms with van der Waals surface area (Å²) in [6.07, 6.45) is 1.77. The molecular formula is C9H12N4OS2. The van der Waals surface area contributed by atoms with E-state index in [-0.39, 0.29) is 0 Å². The van der Waals surface area contributed by atoms with Gasteiger partial charge >= 0.3 is 0 Å². The standard InChI is InChI=1S/C9H12N4OS2/c1-9(2,10)7-12-6(14-13-7)5-16-8-11-3-4-15-8/h3-4H,5,10H2,1-2H3. The van der Waals surface area contributed by atoms with Gasteiger partial charge in [0.05, 0.1) is 11.3 Å². The molecule has 0 aromatic carbocycles. The van der Waals surface area contributed by atoms with Gasteiger partial charge in [0, 0.05) is 11.6 Å². The van der Waals surface area contributed by atoms with Crippen LogP contribution in [0.4, 0.5) is 0 Å². The van der Waals surface area contributed by atoms with Crippen LogP contribution in [-0.4, -0.2) is 15.1 Å². The van der Waals surface area contributed by atoms with E-state index in [4.69, 9.17) is 10.3 Å². The van der Waals surface area contributed by atoms with Crippen molar-refractivity contribution in [3.8, 4) is 0 Å². The maximum Gasteiger partial charge on any atom is 0.237 e. The van der Waals surface area contributed by atoms with Crippen LogP contribution < -0.4 is 5.73 Å². The van der Waals surface area contributed by atoms with E-state index in [0.717, 1.165) is 4.34 Å². The Hall–Kier alpha value is -0.920. The number of rotatable bonds is 4. The van der Waals surface area contributed by atoms with Crippen LogP contribution in [0.3, 0.4) is 0 Å². The summed E-state index contributed by atoms with van der Waals surface area (Å²) in [6.45, 7) is 3.69. The molecule has 2 N–H and O–H groups in total. The number of aromatic nitrogens is 3. The van der Waals surface area contributed by atoms with Crippen molar-refractivity contribution in [2.75, 3.05) is 0 Å². The van der Waals surface area contributed by atoms with Gasteiger partial charge in [0.15, 0.2) is 5.82 Å². The van der Waals surface area contributed by atoms with Crippen molar-refractivity contribution in [1.29, 1.82) is 0 Å². The van der Waals surface area contributed by atoms with Crippen molar-refractivity contribution in [2.24, 2.45) is 5.73 Å². The van der Waals surface area contributed by atoms with Crippen molar-refractivity contribution in [3.05, 3.63) is 23.3 Å². The summed E-state index contributed by atoms with van der Waals surface area (Å²) in [6, 6.07) is 0. The molecule has 16 heavy (non-hydrogen) atoms. The second kappa shape index (κ2) is 4.52. The van der Waals surface area contributed by atoms with Gasteiger partial charge in [-0.3, -0.25) is 0 Å². The molecule has 0 aliphatic carbocycles. The summed E-state index contributed by atoms with van der Waals surface area (Å²) in [4.78, 5) is 8.39. The van der Waals surface area contributed by atoms with Crippen molar-refractivity contribution in [3.63, 3.8) is 0 Å². The quantitative estimate of drug-likeness (QED) is 0.843. The first-order chi connectivity index (χ1) is 7.55. The molecule has 0 amide bonds. The van der Waals surface area contributed by atoms with Crippen LogP contribution in [-0.2, 0) is 11.3 Å². The van der Waals surface area contributed by atoms with E-state index in [1.165, 1.54) is 0 Å². The predicted molar refractivity (Wildman–Crippen MR) is 63.2 cm³/mol. The SMILES string of the molecule is CC(C)(N)c1noc(CSc2nccs2)n1. The molecule has 0 aliphatic rings. The van der Waals surface area contributed by atoms with E-state index in [1.54, 1.807) is 29.3 Å². The molecule has 0 fully saturated rings. The molecule has 2 aromatic heterocycles. The molecule has 0 saturated heterocycles. The Balaban J connectivity index is 1.98. The lowest BCUT2D eigenvalue weighted by Gasteiger charge is -2.11. The van der Waals surface area contributed by atoms with Gasteiger partial charge in [-0.25, -0.2) is 4.98 Å². The lowest BCUT2D eigenvalue weighted by molar-refractivity contribution is 0.370. The molecule has 2 heterocycles. The molecule has 2 aromatic rings. The third-order valence-corrected chi connectivity index (χ3v) is 3.72. The van der Waals surface area contributed by atoms with Gasteiger partial charge < -0.3 is 10.3 Å². The van der Waals surface area contributed by atoms with Gasteiger partial charge in [-0.15, -0.1) is 11.3 Å². The Morgan fingerprint density at radius 2 is 2.38 bits per heavy atom. The monoisotopic (exact) mass is 256 g/mol. The molecule has 0 saturated carbocycles. The fourth-order valence-electron chi connectivity index (χ4n) is 0.980. The molecule has 0 atom stereocenters. The van der Waals surface area contributed by atoms with E-state index in [0.29, 0.717) is 17.5 Å². The van der Waals surface area contributed by atoms with Crippen molar-refractivity contribution in [2.45, 2.75) is 29.5 Å². The Labute approximate surface area is 101 Å². The number of nitrogens with two attached hydrogens (primary N) is 1. The van der Waals surface area contributed by atoms with Gasteiger partial charge in [0.1, 0.15) is 4.34 Å². The lowest BCUT2D eigenvalue weighted by atomic mass is 10.1. The predicted octanol–water partition coefficient (Wildman–Crippen LogP) is 2.01. The average molecular weight is 256 g/mol. The second-order valence-electron chi connectivity index (χ2n) is 3.82. The maximum absolute atomic E-state index is 5.86. The molecule has 0 unspecified atom stereocenters. The zero-order valence-electron chi connectivity index (χ0n) is 9.01.